The highest BCUT2D eigenvalue weighted by molar-refractivity contribution is 6.34. The van der Waals surface area contributed by atoms with Crippen molar-refractivity contribution in [3.8, 4) is 17.3 Å². The molecule has 2 aromatic carbocycles. The molecule has 4 rings (SSSR count). The molecule has 0 saturated heterocycles. The molecule has 4 aromatic rings. The summed E-state index contributed by atoms with van der Waals surface area (Å²) in [5.41, 5.74) is 4.42. The lowest BCUT2D eigenvalue weighted by Crippen LogP contribution is -2.14. The zero-order chi connectivity index (χ0) is 21.1. The van der Waals surface area contributed by atoms with E-state index in [1.165, 1.54) is 0 Å². The second-order valence-electron chi connectivity index (χ2n) is 6.70. The first kappa shape index (κ1) is 19.4. The predicted molar refractivity (Wildman–Crippen MR) is 119 cm³/mol. The molecule has 0 aliphatic heterocycles. The molecule has 6 heteroatoms. The number of pyridine rings is 1. The molecule has 0 spiro atoms. The molecule has 2 aromatic heterocycles. The number of benzene rings is 2. The van der Waals surface area contributed by atoms with E-state index in [-0.39, 0.29) is 5.57 Å². The Morgan fingerprint density at radius 1 is 1.10 bits per heavy atom. The molecule has 5 nitrogen and oxygen atoms in total. The monoisotopic (exact) mass is 412 g/mol. The van der Waals surface area contributed by atoms with Gasteiger partial charge in [0.15, 0.2) is 0 Å². The Bertz CT molecular complexity index is 1320. The van der Waals surface area contributed by atoms with Gasteiger partial charge in [0, 0.05) is 11.8 Å². The Morgan fingerprint density at radius 3 is 2.57 bits per heavy atom. The highest BCUT2D eigenvalue weighted by Gasteiger charge is 2.17. The first-order valence-corrected chi connectivity index (χ1v) is 9.67. The fourth-order valence-corrected chi connectivity index (χ4v) is 3.39. The molecule has 0 unspecified atom stereocenters. The smallest absolute Gasteiger partial charge is 0.266 e. The third-order valence-electron chi connectivity index (χ3n) is 4.70. The summed E-state index contributed by atoms with van der Waals surface area (Å²) in [4.78, 5) is 17.6. The Labute approximate surface area is 178 Å². The van der Waals surface area contributed by atoms with Gasteiger partial charge in [-0.2, -0.15) is 5.26 Å². The third-order valence-corrected chi connectivity index (χ3v) is 5.03. The van der Waals surface area contributed by atoms with Crippen molar-refractivity contribution in [1.82, 2.24) is 9.38 Å². The molecule has 1 amide bonds. The van der Waals surface area contributed by atoms with Crippen LogP contribution < -0.4 is 5.32 Å². The van der Waals surface area contributed by atoms with Gasteiger partial charge >= 0.3 is 0 Å². The van der Waals surface area contributed by atoms with Gasteiger partial charge in [0.2, 0.25) is 0 Å². The minimum Gasteiger partial charge on any atom is -0.320 e. The lowest BCUT2D eigenvalue weighted by atomic mass is 10.1. The van der Waals surface area contributed by atoms with E-state index in [1.54, 1.807) is 30.3 Å². The molecule has 0 radical (unpaired) electrons. The van der Waals surface area contributed by atoms with E-state index >= 15 is 0 Å². The molecule has 1 N–H and O–H groups in total. The van der Waals surface area contributed by atoms with Crippen LogP contribution in [0.15, 0.2) is 78.5 Å². The standard InChI is InChI=1S/C24H17ClN4O/c1-16-8-7-13-29-21(22(28-23(16)29)17-9-3-2-4-10-17)14-18(15-26)24(30)27-20-12-6-5-11-19(20)25/h2-14H,1H3,(H,27,30). The average Bonchev–Trinajstić information content (AvgIpc) is 3.14. The van der Waals surface area contributed by atoms with E-state index in [0.717, 1.165) is 16.8 Å². The topological polar surface area (TPSA) is 70.2 Å². The quantitative estimate of drug-likeness (QED) is 0.355. The van der Waals surface area contributed by atoms with Crippen molar-refractivity contribution < 1.29 is 4.79 Å². The Morgan fingerprint density at radius 2 is 1.83 bits per heavy atom. The molecule has 2 heterocycles. The van der Waals surface area contributed by atoms with Crippen LogP contribution in [0.1, 0.15) is 11.3 Å². The first-order chi connectivity index (χ1) is 14.6. The maximum absolute atomic E-state index is 12.8. The van der Waals surface area contributed by atoms with Crippen LogP contribution in [0.25, 0.3) is 23.0 Å². The number of aromatic nitrogens is 2. The van der Waals surface area contributed by atoms with Crippen LogP contribution in [-0.4, -0.2) is 15.3 Å². The van der Waals surface area contributed by atoms with Gasteiger partial charge < -0.3 is 5.32 Å². The number of nitrogens with one attached hydrogen (secondary N) is 1. The van der Waals surface area contributed by atoms with Gasteiger partial charge in [-0.05, 0) is 36.8 Å². The van der Waals surface area contributed by atoms with Crippen molar-refractivity contribution in [3.63, 3.8) is 0 Å². The summed E-state index contributed by atoms with van der Waals surface area (Å²) in [6.07, 6.45) is 3.43. The van der Waals surface area contributed by atoms with E-state index in [9.17, 15) is 10.1 Å². The molecular weight excluding hydrogens is 396 g/mol. The van der Waals surface area contributed by atoms with Gasteiger partial charge in [0.25, 0.3) is 5.91 Å². The number of nitrogens with zero attached hydrogens (tertiary/aromatic N) is 3. The fraction of sp³-hybridized carbons (Fsp3) is 0.0417. The van der Waals surface area contributed by atoms with E-state index in [2.05, 4.69) is 5.32 Å². The molecule has 0 aliphatic rings. The van der Waals surface area contributed by atoms with Crippen LogP contribution in [0, 0.1) is 18.3 Å². The molecule has 0 bridgehead atoms. The number of carbonyl (C=O) groups excluding carboxylic acids is 1. The molecule has 0 aliphatic carbocycles. The van der Waals surface area contributed by atoms with E-state index in [1.807, 2.05) is 66.1 Å². The van der Waals surface area contributed by atoms with Crippen molar-refractivity contribution >= 4 is 34.9 Å². The second-order valence-corrected chi connectivity index (χ2v) is 7.11. The number of fused-ring (bicyclic) bond motifs is 1. The van der Waals surface area contributed by atoms with E-state index in [0.29, 0.717) is 22.1 Å². The summed E-state index contributed by atoms with van der Waals surface area (Å²) >= 11 is 6.13. The van der Waals surface area contributed by atoms with Gasteiger partial charge in [0.1, 0.15) is 17.3 Å². The summed E-state index contributed by atoms with van der Waals surface area (Å²) in [5, 5.41) is 12.8. The first-order valence-electron chi connectivity index (χ1n) is 9.29. The summed E-state index contributed by atoms with van der Waals surface area (Å²) in [7, 11) is 0. The van der Waals surface area contributed by atoms with Crippen molar-refractivity contribution in [1.29, 1.82) is 5.26 Å². The maximum Gasteiger partial charge on any atom is 0.266 e. The zero-order valence-corrected chi connectivity index (χ0v) is 16.9. The molecule has 0 saturated carbocycles. The largest absolute Gasteiger partial charge is 0.320 e. The van der Waals surface area contributed by atoms with Crippen molar-refractivity contribution in [3.05, 3.63) is 94.8 Å². The van der Waals surface area contributed by atoms with Gasteiger partial charge in [-0.25, -0.2) is 4.98 Å². The number of aryl methyl sites for hydroxylation is 1. The maximum atomic E-state index is 12.8. The SMILES string of the molecule is Cc1cccn2c(C=C(C#N)C(=O)Nc3ccccc3Cl)c(-c3ccccc3)nc12. The minimum absolute atomic E-state index is 0.0459. The normalized spacial score (nSPS) is 11.3. The van der Waals surface area contributed by atoms with Crippen molar-refractivity contribution in [2.24, 2.45) is 0 Å². The molecular formula is C24H17ClN4O. The Kier molecular flexibility index (Phi) is 5.34. The number of para-hydroxylation sites is 1. The third kappa shape index (κ3) is 3.69. The van der Waals surface area contributed by atoms with Crippen molar-refractivity contribution in [2.75, 3.05) is 5.32 Å². The van der Waals surface area contributed by atoms with Crippen LogP contribution in [0.5, 0.6) is 0 Å². The van der Waals surface area contributed by atoms with Gasteiger partial charge in [-0.3, -0.25) is 9.20 Å². The van der Waals surface area contributed by atoms with Gasteiger partial charge in [-0.15, -0.1) is 0 Å². The molecule has 0 fully saturated rings. The van der Waals surface area contributed by atoms with E-state index < -0.39 is 5.91 Å². The van der Waals surface area contributed by atoms with Crippen LogP contribution >= 0.6 is 11.6 Å². The summed E-state index contributed by atoms with van der Waals surface area (Å²) in [5.74, 6) is -0.535. The number of hydrogen-bond acceptors (Lipinski definition) is 3. The molecule has 30 heavy (non-hydrogen) atoms. The van der Waals surface area contributed by atoms with Crippen LogP contribution in [0.4, 0.5) is 5.69 Å². The van der Waals surface area contributed by atoms with Crippen LogP contribution in [0.3, 0.4) is 0 Å². The van der Waals surface area contributed by atoms with E-state index in [4.69, 9.17) is 16.6 Å². The fourth-order valence-electron chi connectivity index (χ4n) is 3.21. The summed E-state index contributed by atoms with van der Waals surface area (Å²) in [6.45, 7) is 1.97. The number of amides is 1. The van der Waals surface area contributed by atoms with Crippen molar-refractivity contribution in [2.45, 2.75) is 6.92 Å². The summed E-state index contributed by atoms with van der Waals surface area (Å²) < 4.78 is 1.89. The van der Waals surface area contributed by atoms with Crippen LogP contribution in [0.2, 0.25) is 5.02 Å². The second kappa shape index (κ2) is 8.24. The number of rotatable bonds is 4. The minimum atomic E-state index is -0.535. The summed E-state index contributed by atoms with van der Waals surface area (Å²) in [6, 6.07) is 22.4. The van der Waals surface area contributed by atoms with Gasteiger partial charge in [-0.1, -0.05) is 60.1 Å². The average molecular weight is 413 g/mol. The Hall–Kier alpha value is -3.88. The highest BCUT2D eigenvalue weighted by atomic mass is 35.5. The predicted octanol–water partition coefficient (Wildman–Crippen LogP) is 5.51. The van der Waals surface area contributed by atoms with Crippen LogP contribution in [-0.2, 0) is 4.79 Å². The number of nitriles is 1. The highest BCUT2D eigenvalue weighted by Crippen LogP contribution is 2.28. The zero-order valence-electron chi connectivity index (χ0n) is 16.1. The lowest BCUT2D eigenvalue weighted by molar-refractivity contribution is -0.112. The molecule has 146 valence electrons. The number of halogens is 1. The molecule has 0 atom stereocenters. The Balaban J connectivity index is 1.84. The van der Waals surface area contributed by atoms with Gasteiger partial charge in [0.05, 0.1) is 22.1 Å². The lowest BCUT2D eigenvalue weighted by Gasteiger charge is -2.07. The number of imidazole rings is 1. The number of hydrogen-bond donors (Lipinski definition) is 1. The number of anilines is 1. The number of carbonyl (C=O) groups is 1.